The number of hydrogen-bond acceptors (Lipinski definition) is 4. The molecule has 4 nitrogen and oxygen atoms in total. The lowest BCUT2D eigenvalue weighted by Crippen LogP contribution is -2.06. The Labute approximate surface area is 187 Å². The van der Waals surface area contributed by atoms with Crippen molar-refractivity contribution in [3.05, 3.63) is 113 Å². The molecule has 0 saturated heterocycles. The first-order valence-electron chi connectivity index (χ1n) is 10.7. The maximum Gasteiger partial charge on any atom is 0.228 e. The Balaban J connectivity index is 1.41. The normalized spacial score (nSPS) is 11.9. The van der Waals surface area contributed by atoms with Gasteiger partial charge in [0.15, 0.2) is 5.78 Å². The summed E-state index contributed by atoms with van der Waals surface area (Å²) in [5.41, 5.74) is 7.73. The smallest absolute Gasteiger partial charge is 0.228 e. The molecule has 1 aromatic heterocycles. The van der Waals surface area contributed by atoms with Crippen LogP contribution >= 0.6 is 0 Å². The van der Waals surface area contributed by atoms with Gasteiger partial charge in [0.05, 0.1) is 11.4 Å². The molecule has 1 aliphatic carbocycles. The van der Waals surface area contributed by atoms with E-state index in [1.54, 1.807) is 0 Å². The third-order valence-corrected chi connectivity index (χ3v) is 5.57. The summed E-state index contributed by atoms with van der Waals surface area (Å²) in [6, 6.07) is 25.8. The number of ketones is 1. The summed E-state index contributed by atoms with van der Waals surface area (Å²) in [5.74, 6) is 0.611. The number of allylic oxidation sites excluding steroid dienone is 1. The van der Waals surface area contributed by atoms with Crippen molar-refractivity contribution in [2.45, 2.75) is 19.8 Å². The molecule has 1 heterocycles. The van der Waals surface area contributed by atoms with E-state index in [4.69, 9.17) is 9.97 Å². The fourth-order valence-corrected chi connectivity index (χ4v) is 4.03. The number of hydrogen-bond donors (Lipinski definition) is 1. The SMILES string of the molecule is Cc1cccc(CC(=O)c2cccc(Nc3nc4c(c(-c5ccccc5)n3)CC=C4)c2)c1. The Morgan fingerprint density at radius 1 is 0.938 bits per heavy atom. The highest BCUT2D eigenvalue weighted by atomic mass is 16.1. The fourth-order valence-electron chi connectivity index (χ4n) is 4.03. The molecule has 4 aromatic rings. The average molecular weight is 418 g/mol. The second-order valence-electron chi connectivity index (χ2n) is 8.03. The minimum Gasteiger partial charge on any atom is -0.324 e. The zero-order chi connectivity index (χ0) is 21.9. The van der Waals surface area contributed by atoms with E-state index < -0.39 is 0 Å². The molecule has 156 valence electrons. The number of carbonyl (C=O) groups excluding carboxylic acids is 1. The van der Waals surface area contributed by atoms with Gasteiger partial charge >= 0.3 is 0 Å². The van der Waals surface area contributed by atoms with E-state index in [1.165, 1.54) is 0 Å². The molecule has 0 atom stereocenters. The predicted molar refractivity (Wildman–Crippen MR) is 129 cm³/mol. The van der Waals surface area contributed by atoms with Crippen molar-refractivity contribution < 1.29 is 4.79 Å². The molecular weight excluding hydrogens is 394 g/mol. The summed E-state index contributed by atoms with van der Waals surface area (Å²) in [5, 5.41) is 3.30. The number of nitrogens with zero attached hydrogens (tertiary/aromatic N) is 2. The van der Waals surface area contributed by atoms with Crippen molar-refractivity contribution in [1.82, 2.24) is 9.97 Å². The molecular formula is C28H23N3O. The standard InChI is InChI=1S/C28H23N3O/c1-19-8-5-9-20(16-19)17-26(32)22-12-6-13-23(18-22)29-28-30-25-15-7-14-24(25)27(31-28)21-10-3-2-4-11-21/h2-13,15-16,18H,14,17H2,1H3,(H,29,30,31). The van der Waals surface area contributed by atoms with Gasteiger partial charge in [-0.05, 0) is 37.1 Å². The number of anilines is 2. The van der Waals surface area contributed by atoms with Crippen molar-refractivity contribution in [1.29, 1.82) is 0 Å². The van der Waals surface area contributed by atoms with Gasteiger partial charge in [-0.25, -0.2) is 9.97 Å². The summed E-state index contributed by atoms with van der Waals surface area (Å²) in [7, 11) is 0. The first-order chi connectivity index (χ1) is 15.7. The number of nitrogens with one attached hydrogen (secondary N) is 1. The van der Waals surface area contributed by atoms with Crippen LogP contribution in [0.2, 0.25) is 0 Å². The third kappa shape index (κ3) is 4.21. The van der Waals surface area contributed by atoms with E-state index in [-0.39, 0.29) is 5.78 Å². The van der Waals surface area contributed by atoms with Crippen LogP contribution in [0.5, 0.6) is 0 Å². The molecule has 1 aliphatic rings. The van der Waals surface area contributed by atoms with Crippen LogP contribution in [0, 0.1) is 6.92 Å². The number of Topliss-reactive ketones (excluding diaryl/α,β-unsaturated/α-hetero) is 1. The zero-order valence-corrected chi connectivity index (χ0v) is 17.9. The van der Waals surface area contributed by atoms with Crippen LogP contribution in [0.3, 0.4) is 0 Å². The Morgan fingerprint density at radius 2 is 1.78 bits per heavy atom. The lowest BCUT2D eigenvalue weighted by molar-refractivity contribution is 0.0993. The molecule has 0 spiro atoms. The lowest BCUT2D eigenvalue weighted by atomic mass is 10.0. The summed E-state index contributed by atoms with van der Waals surface area (Å²) in [4.78, 5) is 22.4. The zero-order valence-electron chi connectivity index (χ0n) is 17.9. The van der Waals surface area contributed by atoms with Crippen LogP contribution in [0.1, 0.15) is 32.7 Å². The molecule has 4 heteroatoms. The molecule has 0 aliphatic heterocycles. The first kappa shape index (κ1) is 19.9. The fraction of sp³-hybridized carbons (Fsp3) is 0.107. The van der Waals surface area contributed by atoms with E-state index in [1.807, 2.05) is 73.7 Å². The van der Waals surface area contributed by atoms with Crippen molar-refractivity contribution in [3.63, 3.8) is 0 Å². The average Bonchev–Trinajstić information content (AvgIpc) is 3.28. The Kier molecular flexibility index (Phi) is 5.34. The number of rotatable bonds is 6. The Bertz CT molecular complexity index is 1330. The number of aryl methyl sites for hydroxylation is 1. The van der Waals surface area contributed by atoms with E-state index >= 15 is 0 Å². The lowest BCUT2D eigenvalue weighted by Gasteiger charge is -2.12. The van der Waals surface area contributed by atoms with Crippen molar-refractivity contribution in [2.24, 2.45) is 0 Å². The minimum atomic E-state index is 0.0852. The van der Waals surface area contributed by atoms with Gasteiger partial charge in [-0.2, -0.15) is 0 Å². The van der Waals surface area contributed by atoms with Gasteiger partial charge in [-0.1, -0.05) is 78.4 Å². The molecule has 0 fully saturated rings. The van der Waals surface area contributed by atoms with Crippen LogP contribution in [0.15, 0.2) is 84.9 Å². The largest absolute Gasteiger partial charge is 0.324 e. The number of fused-ring (bicyclic) bond motifs is 1. The molecule has 0 saturated carbocycles. The Morgan fingerprint density at radius 3 is 2.62 bits per heavy atom. The molecule has 0 radical (unpaired) electrons. The van der Waals surface area contributed by atoms with Crippen LogP contribution < -0.4 is 5.32 Å². The van der Waals surface area contributed by atoms with Crippen molar-refractivity contribution >= 4 is 23.5 Å². The number of carbonyl (C=O) groups is 1. The molecule has 3 aromatic carbocycles. The van der Waals surface area contributed by atoms with Crippen molar-refractivity contribution in [2.75, 3.05) is 5.32 Å². The van der Waals surface area contributed by atoms with Gasteiger partial charge in [0.1, 0.15) is 0 Å². The maximum absolute atomic E-state index is 12.9. The van der Waals surface area contributed by atoms with Gasteiger partial charge in [0.25, 0.3) is 0 Å². The first-order valence-corrected chi connectivity index (χ1v) is 10.7. The van der Waals surface area contributed by atoms with Gasteiger partial charge < -0.3 is 5.32 Å². The minimum absolute atomic E-state index is 0.0852. The topological polar surface area (TPSA) is 54.9 Å². The quantitative estimate of drug-likeness (QED) is 0.380. The van der Waals surface area contributed by atoms with Gasteiger partial charge in [-0.15, -0.1) is 0 Å². The molecule has 0 bridgehead atoms. The van der Waals surface area contributed by atoms with E-state index in [2.05, 4.69) is 29.6 Å². The maximum atomic E-state index is 12.9. The molecule has 1 N–H and O–H groups in total. The molecule has 0 unspecified atom stereocenters. The highest BCUT2D eigenvalue weighted by Gasteiger charge is 2.17. The number of benzene rings is 3. The highest BCUT2D eigenvalue weighted by Crippen LogP contribution is 2.30. The second kappa shape index (κ2) is 8.60. The summed E-state index contributed by atoms with van der Waals surface area (Å²) >= 11 is 0. The summed E-state index contributed by atoms with van der Waals surface area (Å²) in [6.45, 7) is 2.04. The molecule has 5 rings (SSSR count). The summed E-state index contributed by atoms with van der Waals surface area (Å²) < 4.78 is 0. The van der Waals surface area contributed by atoms with E-state index in [0.717, 1.165) is 45.7 Å². The van der Waals surface area contributed by atoms with E-state index in [0.29, 0.717) is 17.9 Å². The van der Waals surface area contributed by atoms with Crippen molar-refractivity contribution in [3.8, 4) is 11.3 Å². The number of aromatic nitrogens is 2. The van der Waals surface area contributed by atoms with Gasteiger partial charge in [0, 0.05) is 28.8 Å². The predicted octanol–water partition coefficient (Wildman–Crippen LogP) is 6.19. The van der Waals surface area contributed by atoms with Crippen LogP contribution in [-0.2, 0) is 12.8 Å². The van der Waals surface area contributed by atoms with Crippen LogP contribution in [0.25, 0.3) is 17.3 Å². The highest BCUT2D eigenvalue weighted by molar-refractivity contribution is 5.98. The van der Waals surface area contributed by atoms with Gasteiger partial charge in [0.2, 0.25) is 5.95 Å². The third-order valence-electron chi connectivity index (χ3n) is 5.57. The Hall–Kier alpha value is -4.05. The summed E-state index contributed by atoms with van der Waals surface area (Å²) in [6.07, 6.45) is 5.36. The van der Waals surface area contributed by atoms with Crippen LogP contribution in [0.4, 0.5) is 11.6 Å². The monoisotopic (exact) mass is 417 g/mol. The molecule has 32 heavy (non-hydrogen) atoms. The van der Waals surface area contributed by atoms with Crippen LogP contribution in [-0.4, -0.2) is 15.8 Å². The molecule has 0 amide bonds. The second-order valence-corrected chi connectivity index (χ2v) is 8.03. The van der Waals surface area contributed by atoms with Gasteiger partial charge in [-0.3, -0.25) is 4.79 Å². The van der Waals surface area contributed by atoms with E-state index in [9.17, 15) is 4.79 Å².